The van der Waals surface area contributed by atoms with E-state index in [-0.39, 0.29) is 11.7 Å². The molecule has 0 unspecified atom stereocenters. The van der Waals surface area contributed by atoms with Gasteiger partial charge in [0.05, 0.1) is 0 Å². The van der Waals surface area contributed by atoms with Crippen LogP contribution in [0.2, 0.25) is 0 Å². The van der Waals surface area contributed by atoms with Crippen LogP contribution in [0.3, 0.4) is 0 Å². The minimum absolute atomic E-state index is 0.148. The molecule has 4 nitrogen and oxygen atoms in total. The fourth-order valence-corrected chi connectivity index (χ4v) is 2.86. The lowest BCUT2D eigenvalue weighted by molar-refractivity contribution is 0.0687. The molecule has 0 amide bonds. The van der Waals surface area contributed by atoms with Gasteiger partial charge in [-0.05, 0) is 56.6 Å². The molecule has 0 atom stereocenters. The van der Waals surface area contributed by atoms with Gasteiger partial charge in [0, 0.05) is 5.69 Å². The van der Waals surface area contributed by atoms with E-state index in [1.165, 1.54) is 0 Å². The van der Waals surface area contributed by atoms with E-state index >= 15 is 0 Å². The van der Waals surface area contributed by atoms with Crippen LogP contribution in [0.1, 0.15) is 53.7 Å². The molecule has 1 N–H and O–H groups in total. The van der Waals surface area contributed by atoms with E-state index in [4.69, 9.17) is 4.74 Å². The van der Waals surface area contributed by atoms with Gasteiger partial charge in [-0.15, -0.1) is 0 Å². The summed E-state index contributed by atoms with van der Waals surface area (Å²) in [6.45, 7) is 0. The highest BCUT2D eigenvalue weighted by atomic mass is 16.5. The number of carboxylic acids is 1. The van der Waals surface area contributed by atoms with Crippen molar-refractivity contribution in [3.63, 3.8) is 0 Å². The first-order chi connectivity index (χ1) is 8.74. The lowest BCUT2D eigenvalue weighted by Gasteiger charge is -2.15. The molecule has 18 heavy (non-hydrogen) atoms. The van der Waals surface area contributed by atoms with Crippen molar-refractivity contribution < 1.29 is 14.6 Å². The van der Waals surface area contributed by atoms with E-state index in [9.17, 15) is 9.90 Å². The second-order valence-corrected chi connectivity index (χ2v) is 5.13. The first-order valence-electron chi connectivity index (χ1n) is 6.67. The molecule has 0 aliphatic heterocycles. The fourth-order valence-electron chi connectivity index (χ4n) is 2.86. The average molecular weight is 247 g/mol. The monoisotopic (exact) mass is 247 g/mol. The van der Waals surface area contributed by atoms with Gasteiger partial charge in [-0.3, -0.25) is 0 Å². The summed E-state index contributed by atoms with van der Waals surface area (Å²) < 4.78 is 5.80. The van der Waals surface area contributed by atoms with Crippen molar-refractivity contribution in [2.45, 2.75) is 51.0 Å². The van der Waals surface area contributed by atoms with Crippen molar-refractivity contribution >= 4 is 5.97 Å². The first kappa shape index (κ1) is 11.5. The Hall–Kier alpha value is -1.58. The van der Waals surface area contributed by atoms with Gasteiger partial charge in [0.1, 0.15) is 11.7 Å². The highest BCUT2D eigenvalue weighted by molar-refractivity contribution is 5.90. The second kappa shape index (κ2) is 4.59. The smallest absolute Gasteiger partial charge is 0.341 e. The molecule has 0 saturated heterocycles. The van der Waals surface area contributed by atoms with Crippen LogP contribution in [0.25, 0.3) is 0 Å². The average Bonchev–Trinajstić information content (AvgIpc) is 2.97. The van der Waals surface area contributed by atoms with Gasteiger partial charge in [0.2, 0.25) is 5.88 Å². The molecule has 2 aliphatic rings. The SMILES string of the molecule is O=C(O)c1cc2c(nc1OC1CCCC1)CCC2. The molecule has 1 saturated carbocycles. The van der Waals surface area contributed by atoms with Gasteiger partial charge >= 0.3 is 5.97 Å². The van der Waals surface area contributed by atoms with E-state index in [2.05, 4.69) is 4.98 Å². The fraction of sp³-hybridized carbons (Fsp3) is 0.571. The number of hydrogen-bond donors (Lipinski definition) is 1. The van der Waals surface area contributed by atoms with E-state index < -0.39 is 5.97 Å². The van der Waals surface area contributed by atoms with Gasteiger partial charge in [-0.1, -0.05) is 0 Å². The third-order valence-corrected chi connectivity index (χ3v) is 3.83. The Labute approximate surface area is 106 Å². The quantitative estimate of drug-likeness (QED) is 0.891. The summed E-state index contributed by atoms with van der Waals surface area (Å²) in [5.41, 5.74) is 2.32. The van der Waals surface area contributed by atoms with Crippen molar-refractivity contribution in [3.05, 3.63) is 22.9 Å². The number of nitrogens with zero attached hydrogens (tertiary/aromatic N) is 1. The van der Waals surface area contributed by atoms with E-state index in [1.54, 1.807) is 6.07 Å². The summed E-state index contributed by atoms with van der Waals surface area (Å²) in [6.07, 6.45) is 7.44. The Balaban J connectivity index is 1.92. The number of carboxylic acid groups (broad SMARTS) is 1. The highest BCUT2D eigenvalue weighted by Gasteiger charge is 2.24. The predicted molar refractivity (Wildman–Crippen MR) is 66.1 cm³/mol. The molecule has 96 valence electrons. The minimum Gasteiger partial charge on any atom is -0.477 e. The van der Waals surface area contributed by atoms with Crippen molar-refractivity contribution in [3.8, 4) is 5.88 Å². The Morgan fingerprint density at radius 2 is 2.06 bits per heavy atom. The topological polar surface area (TPSA) is 59.4 Å². The number of carbonyl (C=O) groups is 1. The zero-order chi connectivity index (χ0) is 12.5. The maximum Gasteiger partial charge on any atom is 0.341 e. The number of rotatable bonds is 3. The predicted octanol–water partition coefficient (Wildman–Crippen LogP) is 2.59. The molecular weight excluding hydrogens is 230 g/mol. The first-order valence-corrected chi connectivity index (χ1v) is 6.67. The summed E-state index contributed by atoms with van der Waals surface area (Å²) in [6, 6.07) is 1.75. The second-order valence-electron chi connectivity index (χ2n) is 5.13. The maximum absolute atomic E-state index is 11.3. The van der Waals surface area contributed by atoms with Crippen molar-refractivity contribution in [2.24, 2.45) is 0 Å². The Kier molecular flexibility index (Phi) is 2.94. The number of aryl methyl sites for hydroxylation is 2. The van der Waals surface area contributed by atoms with Crippen LogP contribution < -0.4 is 4.74 Å². The number of fused-ring (bicyclic) bond motifs is 1. The molecule has 1 aromatic rings. The molecule has 0 bridgehead atoms. The van der Waals surface area contributed by atoms with Crippen LogP contribution in [-0.4, -0.2) is 22.2 Å². The summed E-state index contributed by atoms with van der Waals surface area (Å²) >= 11 is 0. The van der Waals surface area contributed by atoms with Crippen LogP contribution in [0, 0.1) is 0 Å². The van der Waals surface area contributed by atoms with E-state index in [0.717, 1.165) is 56.2 Å². The van der Waals surface area contributed by atoms with Gasteiger partial charge < -0.3 is 9.84 Å². The summed E-state index contributed by atoms with van der Waals surface area (Å²) in [7, 11) is 0. The molecule has 4 heteroatoms. The van der Waals surface area contributed by atoms with Crippen LogP contribution in [0.4, 0.5) is 0 Å². The van der Waals surface area contributed by atoms with Gasteiger partial charge in [-0.2, -0.15) is 0 Å². The summed E-state index contributed by atoms with van der Waals surface area (Å²) in [5.74, 6) is -0.611. The molecular formula is C14H17NO3. The number of aromatic carboxylic acids is 1. The number of ether oxygens (including phenoxy) is 1. The third-order valence-electron chi connectivity index (χ3n) is 3.83. The Morgan fingerprint density at radius 3 is 2.78 bits per heavy atom. The van der Waals surface area contributed by atoms with Crippen LogP contribution in [0.15, 0.2) is 6.07 Å². The maximum atomic E-state index is 11.3. The molecule has 0 spiro atoms. The zero-order valence-electron chi connectivity index (χ0n) is 10.3. The molecule has 0 aromatic carbocycles. The lowest BCUT2D eigenvalue weighted by Crippen LogP contribution is -2.15. The highest BCUT2D eigenvalue weighted by Crippen LogP contribution is 2.29. The summed E-state index contributed by atoms with van der Waals surface area (Å²) in [4.78, 5) is 15.7. The minimum atomic E-state index is -0.940. The lowest BCUT2D eigenvalue weighted by atomic mass is 10.1. The molecule has 2 aliphatic carbocycles. The van der Waals surface area contributed by atoms with Gasteiger partial charge in [0.15, 0.2) is 0 Å². The van der Waals surface area contributed by atoms with Crippen LogP contribution in [-0.2, 0) is 12.8 Å². The molecule has 3 rings (SSSR count). The normalized spacial score (nSPS) is 18.9. The van der Waals surface area contributed by atoms with Crippen LogP contribution in [0.5, 0.6) is 5.88 Å². The molecule has 1 fully saturated rings. The largest absolute Gasteiger partial charge is 0.477 e. The number of pyridine rings is 1. The van der Waals surface area contributed by atoms with Crippen LogP contribution >= 0.6 is 0 Å². The van der Waals surface area contributed by atoms with Gasteiger partial charge in [-0.25, -0.2) is 9.78 Å². The molecule has 1 aromatic heterocycles. The van der Waals surface area contributed by atoms with Gasteiger partial charge in [0.25, 0.3) is 0 Å². The summed E-state index contributed by atoms with van der Waals surface area (Å²) in [5, 5.41) is 9.25. The zero-order valence-corrected chi connectivity index (χ0v) is 10.3. The standard InChI is InChI=1S/C14H17NO3/c16-14(17)11-8-9-4-3-7-12(9)15-13(11)18-10-5-1-2-6-10/h8,10H,1-7H2,(H,16,17). The van der Waals surface area contributed by atoms with Crippen molar-refractivity contribution in [1.29, 1.82) is 0 Å². The number of hydrogen-bond acceptors (Lipinski definition) is 3. The Morgan fingerprint density at radius 1 is 1.28 bits per heavy atom. The van der Waals surface area contributed by atoms with Crippen molar-refractivity contribution in [1.82, 2.24) is 4.98 Å². The molecule has 1 heterocycles. The van der Waals surface area contributed by atoms with E-state index in [1.807, 2.05) is 0 Å². The van der Waals surface area contributed by atoms with E-state index in [0.29, 0.717) is 5.88 Å². The Bertz CT molecular complexity index is 478. The molecule has 0 radical (unpaired) electrons. The number of aromatic nitrogens is 1. The third kappa shape index (κ3) is 2.07. The van der Waals surface area contributed by atoms with Crippen molar-refractivity contribution in [2.75, 3.05) is 0 Å².